The maximum atomic E-state index is 12.2. The molecule has 0 fully saturated rings. The molecule has 3 aromatic rings. The summed E-state index contributed by atoms with van der Waals surface area (Å²) < 4.78 is 6.37. The second-order valence-corrected chi connectivity index (χ2v) is 7.35. The number of nitrogens with zero attached hydrogens (tertiary/aromatic N) is 3. The van der Waals surface area contributed by atoms with Crippen molar-refractivity contribution in [2.24, 2.45) is 7.05 Å². The molecule has 0 radical (unpaired) electrons. The first-order valence-electron chi connectivity index (χ1n) is 9.30. The smallest absolute Gasteiger partial charge is 0.337 e. The highest BCUT2D eigenvalue weighted by atomic mass is 32.2. The van der Waals surface area contributed by atoms with Gasteiger partial charge < -0.3 is 19.9 Å². The van der Waals surface area contributed by atoms with Crippen LogP contribution in [0.4, 0.5) is 5.69 Å². The van der Waals surface area contributed by atoms with Crippen LogP contribution in [0.5, 0.6) is 0 Å². The van der Waals surface area contributed by atoms with Gasteiger partial charge in [0.25, 0.3) is 5.91 Å². The molecule has 2 N–H and O–H groups in total. The Morgan fingerprint density at radius 3 is 2.39 bits per heavy atom. The van der Waals surface area contributed by atoms with Crippen molar-refractivity contribution in [3.05, 3.63) is 71.5 Å². The first kappa shape index (κ1) is 22.0. The minimum atomic E-state index is -0.438. The third-order valence-corrected chi connectivity index (χ3v) is 5.31. The van der Waals surface area contributed by atoms with Gasteiger partial charge in [0, 0.05) is 18.3 Å². The van der Waals surface area contributed by atoms with E-state index in [1.54, 1.807) is 60.1 Å². The second-order valence-electron chi connectivity index (χ2n) is 6.41. The molecule has 0 unspecified atom stereocenters. The fourth-order valence-electron chi connectivity index (χ4n) is 2.61. The van der Waals surface area contributed by atoms with E-state index in [1.165, 1.54) is 18.9 Å². The minimum Gasteiger partial charge on any atom is -0.465 e. The molecule has 0 saturated heterocycles. The molecule has 0 spiro atoms. The van der Waals surface area contributed by atoms with Crippen molar-refractivity contribution in [2.45, 2.75) is 11.7 Å². The Kier molecular flexibility index (Phi) is 7.39. The topological polar surface area (TPSA) is 115 Å². The number of esters is 1. The molecule has 31 heavy (non-hydrogen) atoms. The van der Waals surface area contributed by atoms with Crippen molar-refractivity contribution >= 4 is 35.2 Å². The number of carbonyl (C=O) groups is 3. The second kappa shape index (κ2) is 10.4. The lowest BCUT2D eigenvalue weighted by Gasteiger charge is -2.07. The van der Waals surface area contributed by atoms with Crippen LogP contribution in [0.15, 0.2) is 59.8 Å². The van der Waals surface area contributed by atoms with Crippen LogP contribution in [-0.2, 0) is 23.1 Å². The average molecular weight is 439 g/mol. The van der Waals surface area contributed by atoms with Gasteiger partial charge in [-0.1, -0.05) is 30.0 Å². The molecule has 0 bridgehead atoms. The fraction of sp³-hybridized carbons (Fsp3) is 0.190. The minimum absolute atomic E-state index is 0.126. The van der Waals surface area contributed by atoms with Crippen molar-refractivity contribution in [2.75, 3.05) is 18.2 Å². The highest BCUT2D eigenvalue weighted by Gasteiger charge is 2.13. The van der Waals surface area contributed by atoms with Crippen LogP contribution < -0.4 is 10.6 Å². The predicted molar refractivity (Wildman–Crippen MR) is 116 cm³/mol. The number of benzene rings is 2. The number of ether oxygens (including phenoxy) is 1. The number of methoxy groups -OCH3 is 1. The zero-order valence-corrected chi connectivity index (χ0v) is 17.8. The Hall–Kier alpha value is -3.66. The Labute approximate surface area is 183 Å². The number of thioether (sulfide) groups is 1. The Morgan fingerprint density at radius 1 is 1.00 bits per heavy atom. The first-order valence-corrected chi connectivity index (χ1v) is 10.3. The van der Waals surface area contributed by atoms with Gasteiger partial charge in [0.05, 0.1) is 25.0 Å². The van der Waals surface area contributed by atoms with Crippen LogP contribution in [0.25, 0.3) is 0 Å². The van der Waals surface area contributed by atoms with Gasteiger partial charge in [0.1, 0.15) is 0 Å². The van der Waals surface area contributed by atoms with Gasteiger partial charge >= 0.3 is 5.97 Å². The lowest BCUT2D eigenvalue weighted by atomic mass is 10.2. The van der Waals surface area contributed by atoms with E-state index in [2.05, 4.69) is 25.6 Å². The van der Waals surface area contributed by atoms with Crippen molar-refractivity contribution in [1.82, 2.24) is 20.1 Å². The Morgan fingerprint density at radius 2 is 1.71 bits per heavy atom. The largest absolute Gasteiger partial charge is 0.465 e. The zero-order chi connectivity index (χ0) is 22.2. The highest BCUT2D eigenvalue weighted by Crippen LogP contribution is 2.17. The van der Waals surface area contributed by atoms with Crippen molar-refractivity contribution < 1.29 is 19.1 Å². The van der Waals surface area contributed by atoms with E-state index in [0.717, 1.165) is 0 Å². The third-order valence-electron chi connectivity index (χ3n) is 4.29. The van der Waals surface area contributed by atoms with E-state index >= 15 is 0 Å². The SMILES string of the molecule is COC(=O)c1ccc(NC(=O)CSc2nnc(CNC(=O)c3ccccc3)n2C)cc1. The van der Waals surface area contributed by atoms with Crippen LogP contribution in [0.1, 0.15) is 26.5 Å². The van der Waals surface area contributed by atoms with Crippen molar-refractivity contribution in [3.63, 3.8) is 0 Å². The number of rotatable bonds is 8. The van der Waals surface area contributed by atoms with Gasteiger partial charge in [-0.2, -0.15) is 0 Å². The van der Waals surface area contributed by atoms with Crippen LogP contribution in [0.3, 0.4) is 0 Å². The molecule has 1 aromatic heterocycles. The predicted octanol–water partition coefficient (Wildman–Crippen LogP) is 2.26. The summed E-state index contributed by atoms with van der Waals surface area (Å²) in [6.45, 7) is 0.219. The molecule has 160 valence electrons. The van der Waals surface area contributed by atoms with Crippen LogP contribution in [0.2, 0.25) is 0 Å². The van der Waals surface area contributed by atoms with Crippen molar-refractivity contribution in [1.29, 1.82) is 0 Å². The highest BCUT2D eigenvalue weighted by molar-refractivity contribution is 7.99. The van der Waals surface area contributed by atoms with E-state index in [-0.39, 0.29) is 24.1 Å². The van der Waals surface area contributed by atoms with Crippen molar-refractivity contribution in [3.8, 4) is 0 Å². The summed E-state index contributed by atoms with van der Waals surface area (Å²) in [5.41, 5.74) is 1.54. The normalized spacial score (nSPS) is 10.4. The quantitative estimate of drug-likeness (QED) is 0.409. The summed E-state index contributed by atoms with van der Waals surface area (Å²) in [6.07, 6.45) is 0. The summed E-state index contributed by atoms with van der Waals surface area (Å²) >= 11 is 1.23. The monoisotopic (exact) mass is 439 g/mol. The number of aromatic nitrogens is 3. The third kappa shape index (κ3) is 5.92. The van der Waals surface area contributed by atoms with E-state index in [1.807, 2.05) is 6.07 Å². The fourth-order valence-corrected chi connectivity index (χ4v) is 3.34. The number of hydrogen-bond donors (Lipinski definition) is 2. The molecular formula is C21H21N5O4S. The molecule has 1 heterocycles. The maximum absolute atomic E-state index is 12.2. The number of carbonyl (C=O) groups excluding carboxylic acids is 3. The summed E-state index contributed by atoms with van der Waals surface area (Å²) in [5.74, 6) is -0.161. The molecule has 0 aliphatic carbocycles. The molecule has 0 aliphatic rings. The summed E-state index contributed by atoms with van der Waals surface area (Å²) in [7, 11) is 3.08. The summed E-state index contributed by atoms with van der Waals surface area (Å²) in [6, 6.07) is 15.3. The lowest BCUT2D eigenvalue weighted by molar-refractivity contribution is -0.113. The lowest BCUT2D eigenvalue weighted by Crippen LogP contribution is -2.24. The molecule has 10 heteroatoms. The molecular weight excluding hydrogens is 418 g/mol. The molecule has 2 amide bonds. The van der Waals surface area contributed by atoms with E-state index in [9.17, 15) is 14.4 Å². The standard InChI is InChI=1S/C21H21N5O4S/c1-26-17(12-22-19(28)14-6-4-3-5-7-14)24-25-21(26)31-13-18(27)23-16-10-8-15(9-11-16)20(29)30-2/h3-11H,12-13H2,1-2H3,(H,22,28)(H,23,27). The van der Waals surface area contributed by atoms with Gasteiger partial charge in [-0.15, -0.1) is 10.2 Å². The van der Waals surface area contributed by atoms with Crippen LogP contribution in [0, 0.1) is 0 Å². The molecule has 0 aliphatic heterocycles. The van der Waals surface area contributed by atoms with E-state index in [0.29, 0.717) is 27.8 Å². The van der Waals surface area contributed by atoms with Gasteiger partial charge in [0.15, 0.2) is 11.0 Å². The van der Waals surface area contributed by atoms with Crippen LogP contribution in [-0.4, -0.2) is 45.4 Å². The average Bonchev–Trinajstić information content (AvgIpc) is 3.15. The molecule has 9 nitrogen and oxygen atoms in total. The Bertz CT molecular complexity index is 1070. The molecule has 2 aromatic carbocycles. The summed E-state index contributed by atoms with van der Waals surface area (Å²) in [4.78, 5) is 35.8. The summed E-state index contributed by atoms with van der Waals surface area (Å²) in [5, 5.41) is 14.3. The van der Waals surface area contributed by atoms with Crippen LogP contribution >= 0.6 is 11.8 Å². The zero-order valence-electron chi connectivity index (χ0n) is 17.0. The number of hydrogen-bond acceptors (Lipinski definition) is 7. The van der Waals surface area contributed by atoms with Gasteiger partial charge in [0.2, 0.25) is 5.91 Å². The van der Waals surface area contributed by atoms with Gasteiger partial charge in [-0.25, -0.2) is 4.79 Å². The van der Waals surface area contributed by atoms with E-state index < -0.39 is 5.97 Å². The number of nitrogens with one attached hydrogen (secondary N) is 2. The molecule has 0 saturated carbocycles. The van der Waals surface area contributed by atoms with E-state index in [4.69, 9.17) is 0 Å². The molecule has 0 atom stereocenters. The molecule has 3 rings (SSSR count). The maximum Gasteiger partial charge on any atom is 0.337 e. The van der Waals surface area contributed by atoms with Gasteiger partial charge in [-0.3, -0.25) is 9.59 Å². The number of anilines is 1. The first-order chi connectivity index (χ1) is 15.0. The van der Waals surface area contributed by atoms with Gasteiger partial charge in [-0.05, 0) is 36.4 Å². The Balaban J connectivity index is 1.49. The number of amides is 2.